The maximum atomic E-state index is 12.6. The van der Waals surface area contributed by atoms with Crippen LogP contribution in [-0.2, 0) is 21.0 Å². The van der Waals surface area contributed by atoms with Gasteiger partial charge in [0.05, 0.1) is 10.5 Å². The number of hydroxylamine groups is 1. The van der Waals surface area contributed by atoms with Gasteiger partial charge in [-0.1, -0.05) is 0 Å². The number of hydrogen-bond acceptors (Lipinski definition) is 7. The normalized spacial score (nSPS) is 13.4. The molecule has 0 spiro atoms. The number of alkyl halides is 3. The highest BCUT2D eigenvalue weighted by molar-refractivity contribution is 7.89. The van der Waals surface area contributed by atoms with E-state index in [1.54, 1.807) is 4.72 Å². The molecule has 0 aliphatic rings. The van der Waals surface area contributed by atoms with Crippen molar-refractivity contribution in [3.8, 4) is 0 Å². The van der Waals surface area contributed by atoms with Crippen molar-refractivity contribution in [2.75, 3.05) is 6.54 Å². The molecule has 0 fully saturated rings. The number of carbonyl (C=O) groups is 1. The summed E-state index contributed by atoms with van der Waals surface area (Å²) < 4.78 is 63.6. The summed E-state index contributed by atoms with van der Waals surface area (Å²) in [6, 6.07) is -0.918. The van der Waals surface area contributed by atoms with Crippen molar-refractivity contribution in [2.45, 2.75) is 17.1 Å². The maximum Gasteiger partial charge on any atom is 0.416 e. The molecule has 1 aromatic carbocycles. The van der Waals surface area contributed by atoms with Crippen molar-refractivity contribution in [2.24, 2.45) is 5.73 Å². The van der Waals surface area contributed by atoms with Gasteiger partial charge in [-0.3, -0.25) is 20.1 Å². The first-order valence-electron chi connectivity index (χ1n) is 5.96. The molecule has 0 aliphatic carbocycles. The van der Waals surface area contributed by atoms with Gasteiger partial charge in [0.1, 0.15) is 6.04 Å². The van der Waals surface area contributed by atoms with Gasteiger partial charge in [-0.2, -0.15) is 17.9 Å². The number of sulfonamides is 1. The monoisotopic (exact) mass is 372 g/mol. The van der Waals surface area contributed by atoms with Crippen LogP contribution in [0.15, 0.2) is 23.1 Å². The molecule has 0 saturated heterocycles. The van der Waals surface area contributed by atoms with Crippen LogP contribution in [-0.4, -0.2) is 37.0 Å². The quantitative estimate of drug-likeness (QED) is 0.303. The highest BCUT2D eigenvalue weighted by atomic mass is 32.2. The number of rotatable bonds is 6. The minimum atomic E-state index is -4.92. The van der Waals surface area contributed by atoms with Gasteiger partial charge in [-0.15, -0.1) is 0 Å². The highest BCUT2D eigenvalue weighted by Gasteiger charge is 2.36. The molecule has 134 valence electrons. The Morgan fingerprint density at radius 1 is 1.42 bits per heavy atom. The third-order valence-corrected chi connectivity index (χ3v) is 4.25. The zero-order chi connectivity index (χ0) is 18.7. The molecule has 1 rings (SSSR count). The average molecular weight is 372 g/mol. The Bertz CT molecular complexity index is 751. The molecule has 0 heterocycles. The minimum Gasteiger partial charge on any atom is -0.328 e. The first-order valence-corrected chi connectivity index (χ1v) is 7.44. The molecule has 0 radical (unpaired) electrons. The molecule has 14 heteroatoms. The first kappa shape index (κ1) is 19.8. The van der Waals surface area contributed by atoms with Crippen LogP contribution in [0.25, 0.3) is 0 Å². The predicted octanol–water partition coefficient (Wildman–Crippen LogP) is -0.275. The molecule has 0 aliphatic heterocycles. The third-order valence-electron chi connectivity index (χ3n) is 2.73. The van der Waals surface area contributed by atoms with Gasteiger partial charge in [0.15, 0.2) is 4.90 Å². The summed E-state index contributed by atoms with van der Waals surface area (Å²) in [4.78, 5) is 19.7. The summed E-state index contributed by atoms with van der Waals surface area (Å²) in [6.07, 6.45) is -4.92. The summed E-state index contributed by atoms with van der Waals surface area (Å²) in [5, 5.41) is 19.3. The van der Waals surface area contributed by atoms with E-state index >= 15 is 0 Å². The van der Waals surface area contributed by atoms with Gasteiger partial charge < -0.3 is 5.73 Å². The molecule has 5 N–H and O–H groups in total. The summed E-state index contributed by atoms with van der Waals surface area (Å²) in [6.45, 7) is -0.625. The van der Waals surface area contributed by atoms with E-state index in [0.29, 0.717) is 12.1 Å². The Morgan fingerprint density at radius 2 is 2.00 bits per heavy atom. The molecule has 0 aromatic heterocycles. The van der Waals surface area contributed by atoms with E-state index in [1.807, 2.05) is 0 Å². The van der Waals surface area contributed by atoms with Gasteiger partial charge in [-0.25, -0.2) is 13.9 Å². The Hall–Kier alpha value is -2.29. The molecule has 0 bridgehead atoms. The molecule has 1 aromatic rings. The van der Waals surface area contributed by atoms with Gasteiger partial charge in [-0.05, 0) is 12.1 Å². The number of amides is 1. The zero-order valence-electron chi connectivity index (χ0n) is 11.6. The molecule has 1 atom stereocenters. The summed E-state index contributed by atoms with van der Waals surface area (Å²) in [5.41, 5.74) is 3.50. The molecule has 1 amide bonds. The van der Waals surface area contributed by atoms with Crippen molar-refractivity contribution >= 4 is 21.6 Å². The van der Waals surface area contributed by atoms with E-state index in [9.17, 15) is 36.5 Å². The Balaban J connectivity index is 3.38. The van der Waals surface area contributed by atoms with Gasteiger partial charge in [0.25, 0.3) is 11.6 Å². The molecule has 0 unspecified atom stereocenters. The number of nitrogens with one attached hydrogen (secondary N) is 2. The number of nitrogens with zero attached hydrogens (tertiary/aromatic N) is 1. The minimum absolute atomic E-state index is 0.0537. The lowest BCUT2D eigenvalue weighted by atomic mass is 10.2. The predicted molar refractivity (Wildman–Crippen MR) is 71.2 cm³/mol. The van der Waals surface area contributed by atoms with Crippen LogP contribution < -0.4 is 15.9 Å². The number of nitrogens with two attached hydrogens (primary N) is 1. The fraction of sp³-hybridized carbons (Fsp3) is 0.300. The standard InChI is InChI=1S/C10H11F3N4O6S/c11-10(12,13)5-1-2-8(7(3-5)17(20)21)24(22,23)16-6(4-14)9(18)15-19/h1-3,6,16,19H,4,14H2,(H,15,18)/t6-/m0/s1. The Labute approximate surface area is 132 Å². The Morgan fingerprint density at radius 3 is 2.42 bits per heavy atom. The second-order valence-corrected chi connectivity index (χ2v) is 6.01. The van der Waals surface area contributed by atoms with Crippen molar-refractivity contribution in [3.63, 3.8) is 0 Å². The summed E-state index contributed by atoms with van der Waals surface area (Å²) in [5.74, 6) is -1.25. The topological polar surface area (TPSA) is 165 Å². The van der Waals surface area contributed by atoms with E-state index in [0.717, 1.165) is 5.48 Å². The van der Waals surface area contributed by atoms with Crippen LogP contribution in [0.1, 0.15) is 5.56 Å². The van der Waals surface area contributed by atoms with Crippen LogP contribution in [0.5, 0.6) is 0 Å². The average Bonchev–Trinajstić information content (AvgIpc) is 2.50. The van der Waals surface area contributed by atoms with E-state index < -0.39 is 55.8 Å². The third kappa shape index (κ3) is 4.38. The lowest BCUT2D eigenvalue weighted by Gasteiger charge is -2.15. The fourth-order valence-electron chi connectivity index (χ4n) is 1.60. The van der Waals surface area contributed by atoms with E-state index in [-0.39, 0.29) is 6.07 Å². The molecule has 10 nitrogen and oxygen atoms in total. The van der Waals surface area contributed by atoms with Crippen molar-refractivity contribution < 1.29 is 36.5 Å². The number of nitro groups is 1. The lowest BCUT2D eigenvalue weighted by molar-refractivity contribution is -0.388. The van der Waals surface area contributed by atoms with Crippen molar-refractivity contribution in [1.29, 1.82) is 0 Å². The molecule has 24 heavy (non-hydrogen) atoms. The van der Waals surface area contributed by atoms with Crippen LogP contribution in [0.2, 0.25) is 0 Å². The largest absolute Gasteiger partial charge is 0.416 e. The number of hydrogen-bond donors (Lipinski definition) is 4. The van der Waals surface area contributed by atoms with Gasteiger partial charge in [0, 0.05) is 12.6 Å². The van der Waals surface area contributed by atoms with E-state index in [1.165, 1.54) is 0 Å². The van der Waals surface area contributed by atoms with E-state index in [2.05, 4.69) is 0 Å². The SMILES string of the molecule is NC[C@H](NS(=O)(=O)c1ccc(C(F)(F)F)cc1[N+](=O)[O-])C(=O)NO. The number of carbonyl (C=O) groups excluding carboxylic acids is 1. The molecular formula is C10H11F3N4O6S. The molecular weight excluding hydrogens is 361 g/mol. The van der Waals surface area contributed by atoms with Crippen LogP contribution in [0, 0.1) is 10.1 Å². The number of nitro benzene ring substituents is 1. The summed E-state index contributed by atoms with van der Waals surface area (Å²) in [7, 11) is -4.78. The number of benzene rings is 1. The second kappa shape index (κ2) is 7.08. The smallest absolute Gasteiger partial charge is 0.328 e. The number of halogens is 3. The van der Waals surface area contributed by atoms with Crippen LogP contribution >= 0.6 is 0 Å². The van der Waals surface area contributed by atoms with Crippen molar-refractivity contribution in [3.05, 3.63) is 33.9 Å². The fourth-order valence-corrected chi connectivity index (χ4v) is 2.96. The van der Waals surface area contributed by atoms with Crippen molar-refractivity contribution in [1.82, 2.24) is 10.2 Å². The zero-order valence-corrected chi connectivity index (χ0v) is 12.4. The van der Waals surface area contributed by atoms with Crippen LogP contribution in [0.4, 0.5) is 18.9 Å². The second-order valence-electron chi connectivity index (χ2n) is 4.32. The lowest BCUT2D eigenvalue weighted by Crippen LogP contribution is -2.50. The first-order chi connectivity index (χ1) is 10.9. The van der Waals surface area contributed by atoms with Gasteiger partial charge in [0.2, 0.25) is 10.0 Å². The molecule has 0 saturated carbocycles. The van der Waals surface area contributed by atoms with Gasteiger partial charge >= 0.3 is 6.18 Å². The Kier molecular flexibility index (Phi) is 5.83. The van der Waals surface area contributed by atoms with Crippen LogP contribution in [0.3, 0.4) is 0 Å². The highest BCUT2D eigenvalue weighted by Crippen LogP contribution is 2.34. The summed E-state index contributed by atoms with van der Waals surface area (Å²) >= 11 is 0. The van der Waals surface area contributed by atoms with E-state index in [4.69, 9.17) is 10.9 Å². The maximum absolute atomic E-state index is 12.6.